The van der Waals surface area contributed by atoms with Crippen molar-refractivity contribution in [2.75, 3.05) is 0 Å². The Bertz CT molecular complexity index is 1710. The number of hydrogen-bond acceptors (Lipinski definition) is 0. The van der Waals surface area contributed by atoms with E-state index >= 15 is 0 Å². The number of halogens is 2. The van der Waals surface area contributed by atoms with E-state index in [4.69, 9.17) is 0 Å². The summed E-state index contributed by atoms with van der Waals surface area (Å²) in [7, 11) is 0. The fraction of sp³-hybridized carbons (Fsp3) is 0.286. The van der Waals surface area contributed by atoms with Gasteiger partial charge in [0.1, 0.15) is 0 Å². The molecule has 0 saturated carbocycles. The van der Waals surface area contributed by atoms with Gasteiger partial charge in [-0.05, 0) is 12.8 Å². The number of hydrogen-bond donors (Lipinski definition) is 0. The van der Waals surface area contributed by atoms with E-state index < -0.39 is 5.43 Å². The Morgan fingerprint density at radius 1 is 0.522 bits per heavy atom. The molecule has 0 nitrogen and oxygen atoms in total. The van der Waals surface area contributed by atoms with Crippen LogP contribution in [-0.2, 0) is 36.2 Å². The molecule has 6 rings (SSSR count). The van der Waals surface area contributed by atoms with Crippen molar-refractivity contribution in [1.29, 1.82) is 0 Å². The molecule has 46 heavy (non-hydrogen) atoms. The molecule has 0 aliphatic heterocycles. The van der Waals surface area contributed by atoms with Crippen LogP contribution < -0.4 is 35.2 Å². The third-order valence-electron chi connectivity index (χ3n) is 8.92. The molecule has 0 aliphatic rings. The Morgan fingerprint density at radius 2 is 0.870 bits per heavy atom. The molecule has 0 heterocycles. The van der Waals surface area contributed by atoms with Crippen molar-refractivity contribution < 1.29 is 48.1 Å². The first kappa shape index (κ1) is 40.0. The number of aryl methyl sites for hydroxylation is 8. The van der Waals surface area contributed by atoms with E-state index in [9.17, 15) is 0 Å². The van der Waals surface area contributed by atoms with E-state index in [2.05, 4.69) is 152 Å². The van der Waals surface area contributed by atoms with Crippen molar-refractivity contribution >= 4 is 37.4 Å². The topological polar surface area (TPSA) is 0 Å². The summed E-state index contributed by atoms with van der Waals surface area (Å²) >= 11 is 1.64. The van der Waals surface area contributed by atoms with Crippen LogP contribution >= 0.6 is 0 Å². The quantitative estimate of drug-likeness (QED) is 0.177. The molecule has 6 aromatic carbocycles. The van der Waals surface area contributed by atoms with Gasteiger partial charge in [-0.2, -0.15) is 11.1 Å². The van der Waals surface area contributed by atoms with Gasteiger partial charge in [0.25, 0.3) is 0 Å². The minimum absolute atomic E-state index is 0. The maximum absolute atomic E-state index is 2.33. The van der Waals surface area contributed by atoms with Gasteiger partial charge in [-0.1, -0.05) is 91.5 Å². The van der Waals surface area contributed by atoms with Crippen LogP contribution in [0, 0.1) is 41.5 Å². The molecule has 0 saturated heterocycles. The van der Waals surface area contributed by atoms with Gasteiger partial charge in [0.2, 0.25) is 0 Å². The number of fused-ring (bicyclic) bond motifs is 2. The molecule has 0 atom stereocenters. The Morgan fingerprint density at radius 3 is 1.20 bits per heavy atom. The zero-order valence-corrected chi connectivity index (χ0v) is 33.8. The number of rotatable bonds is 6. The van der Waals surface area contributed by atoms with Crippen molar-refractivity contribution in [3.63, 3.8) is 0 Å². The Labute approximate surface area is 306 Å². The Hall–Kier alpha value is -2.22. The fourth-order valence-corrected chi connectivity index (χ4v) is 10.0. The second-order valence-corrected chi connectivity index (χ2v) is 17.8. The number of benzene rings is 4. The molecule has 0 fully saturated rings. The molecule has 0 N–H and O–H groups in total. The fourth-order valence-electron chi connectivity index (χ4n) is 6.17. The van der Waals surface area contributed by atoms with E-state index in [0.29, 0.717) is 0 Å². The standard InChI is InChI=1S/2C15H19.C12H10Si.2ClH.Zr/c2*1-5-6-13-8-7-10(2)14-9-11(3)12(4)15(13)14;1-3-7-11(8-4-1)13-12-9-5-2-6-10-12;;;/h2*7-9H,5-6H2,1-4H3;1-10H;2*1H;/q2*-1;;;;+2/p-2. The molecular weight excluding hydrogens is 695 g/mol. The molecule has 0 aliphatic carbocycles. The van der Waals surface area contributed by atoms with Gasteiger partial charge < -0.3 is 24.8 Å². The second-order valence-electron chi connectivity index (χ2n) is 12.2. The van der Waals surface area contributed by atoms with Crippen LogP contribution in [-0.4, -0.2) is 5.43 Å². The van der Waals surface area contributed by atoms with E-state index in [1.165, 1.54) is 102 Å². The van der Waals surface area contributed by atoms with Crippen molar-refractivity contribution in [2.24, 2.45) is 0 Å². The van der Waals surface area contributed by atoms with Crippen LogP contribution in [0.25, 0.3) is 21.5 Å². The summed E-state index contributed by atoms with van der Waals surface area (Å²) < 4.78 is 0. The Balaban J connectivity index is 0.000000235. The van der Waals surface area contributed by atoms with Crippen LogP contribution in [0.2, 0.25) is 0 Å². The first-order valence-electron chi connectivity index (χ1n) is 16.2. The van der Waals surface area contributed by atoms with Gasteiger partial charge in [0, 0.05) is 0 Å². The molecule has 0 aromatic heterocycles. The Kier molecular flexibility index (Phi) is 16.5. The predicted octanol–water partition coefficient (Wildman–Crippen LogP) is 4.22. The average Bonchev–Trinajstić information content (AvgIpc) is 3.52. The third-order valence-corrected chi connectivity index (χ3v) is 15.0. The van der Waals surface area contributed by atoms with Crippen LogP contribution in [0.3, 0.4) is 0 Å². The van der Waals surface area contributed by atoms with Gasteiger partial charge in [-0.15, -0.1) is 68.1 Å². The van der Waals surface area contributed by atoms with E-state index in [0.717, 1.165) is 0 Å². The van der Waals surface area contributed by atoms with Crippen LogP contribution in [0.15, 0.2) is 97.1 Å². The van der Waals surface area contributed by atoms with Gasteiger partial charge in [-0.3, -0.25) is 0 Å². The van der Waals surface area contributed by atoms with Gasteiger partial charge in [0.15, 0.2) is 0 Å². The summed E-state index contributed by atoms with van der Waals surface area (Å²) in [6, 6.07) is 35.5. The summed E-state index contributed by atoms with van der Waals surface area (Å²) in [5.74, 6) is 0. The molecule has 0 amide bonds. The molecule has 240 valence electrons. The second kappa shape index (κ2) is 18.9. The summed E-state index contributed by atoms with van der Waals surface area (Å²) in [4.78, 5) is 0. The van der Waals surface area contributed by atoms with E-state index in [-0.39, 0.29) is 24.8 Å². The zero-order valence-electron chi connectivity index (χ0n) is 28.8. The van der Waals surface area contributed by atoms with E-state index in [1.54, 1.807) is 23.3 Å². The average molecular weight is 743 g/mol. The molecule has 6 aromatic rings. The summed E-state index contributed by atoms with van der Waals surface area (Å²) in [5, 5.41) is 8.96. The van der Waals surface area contributed by atoms with Crippen molar-refractivity contribution in [2.45, 2.75) is 81.1 Å². The molecule has 4 heteroatoms. The van der Waals surface area contributed by atoms with Crippen LogP contribution in [0.5, 0.6) is 0 Å². The molecular formula is C42H48Cl2SiZr-2. The molecule has 0 spiro atoms. The predicted molar refractivity (Wildman–Crippen MR) is 193 cm³/mol. The van der Waals surface area contributed by atoms with E-state index in [1.807, 2.05) is 0 Å². The SMILES string of the molecule is CCCc1ccc(C)c2[cH-]c(C)c(C)c12.CCCc1ccc(C)c2[cH-]c(C)c(C)c12.[Cl-].[Cl-].[Zr+2]=[Si](c1ccccc1)c1ccccc1. The summed E-state index contributed by atoms with van der Waals surface area (Å²) in [5.41, 5.74) is 11.2. The van der Waals surface area contributed by atoms with Crippen LogP contribution in [0.4, 0.5) is 0 Å². The molecule has 0 unspecified atom stereocenters. The molecule has 0 bridgehead atoms. The van der Waals surface area contributed by atoms with Crippen molar-refractivity contribution in [3.8, 4) is 0 Å². The molecule has 0 radical (unpaired) electrons. The van der Waals surface area contributed by atoms with Crippen molar-refractivity contribution in [3.05, 3.63) is 142 Å². The minimum atomic E-state index is -0.455. The first-order chi connectivity index (χ1) is 21.2. The first-order valence-corrected chi connectivity index (χ1v) is 21.4. The summed E-state index contributed by atoms with van der Waals surface area (Å²) in [6.07, 6.45) is 4.84. The zero-order chi connectivity index (χ0) is 31.8. The van der Waals surface area contributed by atoms with Crippen molar-refractivity contribution in [1.82, 2.24) is 0 Å². The normalized spacial score (nSPS) is 10.3. The van der Waals surface area contributed by atoms with Gasteiger partial charge >= 0.3 is 99.8 Å². The monoisotopic (exact) mass is 740 g/mol. The maximum atomic E-state index is 2.33. The van der Waals surface area contributed by atoms with Gasteiger partial charge in [-0.25, -0.2) is 0 Å². The van der Waals surface area contributed by atoms with Gasteiger partial charge in [0.05, 0.1) is 0 Å². The third kappa shape index (κ3) is 9.44. The summed E-state index contributed by atoms with van der Waals surface area (Å²) in [6.45, 7) is 17.8. The van der Waals surface area contributed by atoms with Crippen LogP contribution in [0.1, 0.15) is 71.2 Å².